The number of anilines is 1. The number of nitrogens with one attached hydrogen (secondary N) is 1. The van der Waals surface area contributed by atoms with Crippen LogP contribution in [0.1, 0.15) is 46.1 Å². The lowest BCUT2D eigenvalue weighted by Crippen LogP contribution is -2.38. The number of primary sulfonamides is 1. The predicted molar refractivity (Wildman–Crippen MR) is 135 cm³/mol. The molecule has 190 valence electrons. The van der Waals surface area contributed by atoms with Crippen LogP contribution in [0.4, 0.5) is 6.01 Å². The average Bonchev–Trinajstić information content (AvgIpc) is 3.17. The largest absolute Gasteiger partial charge is 0.487 e. The maximum Gasteiger partial charge on any atom is 0.295 e. The van der Waals surface area contributed by atoms with Crippen LogP contribution in [0.5, 0.6) is 11.5 Å². The number of sulfonamides is 1. The summed E-state index contributed by atoms with van der Waals surface area (Å²) in [6.07, 6.45) is 2.02. The third kappa shape index (κ3) is 6.65. The van der Waals surface area contributed by atoms with Gasteiger partial charge in [-0.3, -0.25) is 4.90 Å². The van der Waals surface area contributed by atoms with Crippen LogP contribution in [0, 0.1) is 0 Å². The average molecular weight is 503 g/mol. The van der Waals surface area contributed by atoms with E-state index in [0.29, 0.717) is 17.1 Å². The molecule has 0 spiro atoms. The molecule has 0 saturated carbocycles. The van der Waals surface area contributed by atoms with Crippen molar-refractivity contribution < 1.29 is 22.3 Å². The Bertz CT molecular complexity index is 1260. The zero-order valence-corrected chi connectivity index (χ0v) is 21.5. The quantitative estimate of drug-likeness (QED) is 0.448. The number of hydrogen-bond donors (Lipinski definition) is 2. The summed E-state index contributed by atoms with van der Waals surface area (Å²) in [6.45, 7) is 10.7. The van der Waals surface area contributed by atoms with Crippen molar-refractivity contribution in [3.8, 4) is 11.5 Å². The fraction of sp³-hybridized carbons (Fsp3) is 0.480. The van der Waals surface area contributed by atoms with Crippen LogP contribution in [0.2, 0.25) is 0 Å². The number of benzene rings is 2. The fourth-order valence-corrected chi connectivity index (χ4v) is 4.70. The molecule has 0 aliphatic carbocycles. The number of aromatic nitrogens is 1. The molecule has 3 N–H and O–H groups in total. The molecule has 0 unspecified atom stereocenters. The van der Waals surface area contributed by atoms with Crippen molar-refractivity contribution in [2.45, 2.75) is 70.2 Å². The lowest BCUT2D eigenvalue weighted by Gasteiger charge is -2.32. The molecule has 10 heteroatoms. The third-order valence-electron chi connectivity index (χ3n) is 5.74. The maximum atomic E-state index is 11.6. The summed E-state index contributed by atoms with van der Waals surface area (Å²) < 4.78 is 40.8. The summed E-state index contributed by atoms with van der Waals surface area (Å²) in [5.74, 6) is 1.55. The molecule has 1 saturated heterocycles. The fourth-order valence-electron chi connectivity index (χ4n) is 4.16. The Balaban J connectivity index is 1.35. The van der Waals surface area contributed by atoms with Crippen molar-refractivity contribution in [2.75, 3.05) is 18.4 Å². The van der Waals surface area contributed by atoms with E-state index in [-0.39, 0.29) is 23.1 Å². The van der Waals surface area contributed by atoms with Crippen molar-refractivity contribution in [1.29, 1.82) is 0 Å². The first-order chi connectivity index (χ1) is 16.6. The number of rotatable bonds is 9. The highest BCUT2D eigenvalue weighted by Gasteiger charge is 2.22. The third-order valence-corrected chi connectivity index (χ3v) is 6.65. The number of hydrogen-bond acceptors (Lipinski definition) is 8. The highest BCUT2D eigenvalue weighted by atomic mass is 32.2. The molecule has 3 aromatic rings. The van der Waals surface area contributed by atoms with Gasteiger partial charge in [0.1, 0.15) is 5.52 Å². The van der Waals surface area contributed by atoms with E-state index in [1.807, 2.05) is 33.8 Å². The molecule has 35 heavy (non-hydrogen) atoms. The number of nitrogens with two attached hydrogens (primary N) is 1. The lowest BCUT2D eigenvalue weighted by molar-refractivity contribution is 0.196. The Morgan fingerprint density at radius 1 is 1.06 bits per heavy atom. The Labute approximate surface area is 206 Å². The topological polar surface area (TPSA) is 120 Å². The van der Waals surface area contributed by atoms with Crippen molar-refractivity contribution in [3.05, 3.63) is 42.0 Å². The summed E-state index contributed by atoms with van der Waals surface area (Å²) in [7, 11) is -3.78. The van der Waals surface area contributed by atoms with Crippen molar-refractivity contribution in [3.63, 3.8) is 0 Å². The predicted octanol–water partition coefficient (Wildman–Crippen LogP) is 4.13. The van der Waals surface area contributed by atoms with E-state index in [4.69, 9.17) is 19.0 Å². The van der Waals surface area contributed by atoms with Gasteiger partial charge in [-0.15, -0.1) is 0 Å². The number of fused-ring (bicyclic) bond motifs is 1. The number of oxazole rings is 1. The molecule has 0 bridgehead atoms. The van der Waals surface area contributed by atoms with Crippen molar-refractivity contribution >= 4 is 27.1 Å². The second kappa shape index (κ2) is 10.4. The molecular weight excluding hydrogens is 468 g/mol. The van der Waals surface area contributed by atoms with Crippen LogP contribution in [0.3, 0.4) is 0 Å². The van der Waals surface area contributed by atoms with Crippen LogP contribution in [0.25, 0.3) is 11.1 Å². The number of ether oxygens (including phenoxy) is 2. The van der Waals surface area contributed by atoms with E-state index in [0.717, 1.165) is 44.0 Å². The minimum atomic E-state index is -3.78. The molecule has 0 radical (unpaired) electrons. The molecule has 1 fully saturated rings. The van der Waals surface area contributed by atoms with E-state index in [1.165, 1.54) is 17.7 Å². The van der Waals surface area contributed by atoms with E-state index in [1.54, 1.807) is 6.07 Å². The number of likely N-dealkylation sites (tertiary alicyclic amines) is 1. The van der Waals surface area contributed by atoms with Gasteiger partial charge in [0.15, 0.2) is 17.1 Å². The summed E-state index contributed by atoms with van der Waals surface area (Å²) in [5, 5.41) is 8.56. The van der Waals surface area contributed by atoms with Crippen molar-refractivity contribution in [2.24, 2.45) is 5.14 Å². The number of piperidine rings is 1. The van der Waals surface area contributed by atoms with Crippen LogP contribution in [-0.4, -0.2) is 49.6 Å². The molecule has 2 heterocycles. The van der Waals surface area contributed by atoms with Crippen LogP contribution in [-0.2, 0) is 16.6 Å². The summed E-state index contributed by atoms with van der Waals surface area (Å²) in [4.78, 5) is 6.83. The molecule has 1 aromatic heterocycles. The van der Waals surface area contributed by atoms with Crippen molar-refractivity contribution in [1.82, 2.24) is 9.88 Å². The van der Waals surface area contributed by atoms with Gasteiger partial charge in [-0.1, -0.05) is 6.07 Å². The Morgan fingerprint density at radius 3 is 2.40 bits per heavy atom. The highest BCUT2D eigenvalue weighted by Crippen LogP contribution is 2.31. The molecule has 9 nitrogen and oxygen atoms in total. The van der Waals surface area contributed by atoms with Gasteiger partial charge in [0.05, 0.1) is 17.1 Å². The smallest absolute Gasteiger partial charge is 0.295 e. The van der Waals surface area contributed by atoms with Gasteiger partial charge >= 0.3 is 0 Å². The Hall–Kier alpha value is -2.82. The standard InChI is InChI=1S/C25H34N4O5S/c1-16(2)32-23-7-5-18(13-24(23)33-17(3)4)15-29-11-9-19(10-12-29)27-25-28-21-14-20(35(26,30)31)6-8-22(21)34-25/h5-8,13-14,16-17,19H,9-12,15H2,1-4H3,(H,27,28)(H2,26,30,31). The van der Waals surface area contributed by atoms with E-state index >= 15 is 0 Å². The summed E-state index contributed by atoms with van der Waals surface area (Å²) in [6, 6.07) is 11.2. The van der Waals surface area contributed by atoms with Gasteiger partial charge in [-0.25, -0.2) is 13.6 Å². The minimum absolute atomic E-state index is 0.0175. The normalized spacial score (nSPS) is 15.7. The van der Waals surface area contributed by atoms with Gasteiger partial charge in [0.2, 0.25) is 10.0 Å². The maximum absolute atomic E-state index is 11.6. The SMILES string of the molecule is CC(C)Oc1ccc(CN2CCC(Nc3nc4cc(S(N)(=O)=O)ccc4o3)CC2)cc1OC(C)C. The second-order valence-electron chi connectivity index (χ2n) is 9.50. The van der Waals surface area contributed by atoms with Gasteiger partial charge < -0.3 is 19.2 Å². The number of nitrogens with zero attached hydrogens (tertiary/aromatic N) is 2. The Kier molecular flexibility index (Phi) is 7.53. The monoisotopic (exact) mass is 502 g/mol. The molecule has 0 atom stereocenters. The zero-order chi connectivity index (χ0) is 25.2. The van der Waals surface area contributed by atoms with E-state index in [9.17, 15) is 8.42 Å². The van der Waals surface area contributed by atoms with Gasteiger partial charge in [0, 0.05) is 25.7 Å². The first-order valence-corrected chi connectivity index (χ1v) is 13.5. The molecule has 1 aliphatic heterocycles. The Morgan fingerprint density at radius 2 is 1.74 bits per heavy atom. The first kappa shape index (κ1) is 25.3. The second-order valence-corrected chi connectivity index (χ2v) is 11.1. The van der Waals surface area contributed by atoms with E-state index in [2.05, 4.69) is 27.3 Å². The van der Waals surface area contributed by atoms with Crippen LogP contribution in [0.15, 0.2) is 45.7 Å². The molecule has 2 aromatic carbocycles. The molecule has 1 aliphatic rings. The van der Waals surface area contributed by atoms with Gasteiger partial charge in [0.25, 0.3) is 6.01 Å². The summed E-state index contributed by atoms with van der Waals surface area (Å²) in [5.41, 5.74) is 2.16. The zero-order valence-electron chi connectivity index (χ0n) is 20.7. The minimum Gasteiger partial charge on any atom is -0.487 e. The van der Waals surface area contributed by atoms with Crippen LogP contribution >= 0.6 is 0 Å². The molecular formula is C25H34N4O5S. The summed E-state index contributed by atoms with van der Waals surface area (Å²) >= 11 is 0. The van der Waals surface area contributed by atoms with Crippen LogP contribution < -0.4 is 19.9 Å². The molecule has 4 rings (SSSR count). The first-order valence-electron chi connectivity index (χ1n) is 12.0. The van der Waals surface area contributed by atoms with Gasteiger partial charge in [-0.05, 0) is 76.4 Å². The lowest BCUT2D eigenvalue weighted by atomic mass is 10.0. The highest BCUT2D eigenvalue weighted by molar-refractivity contribution is 7.89. The van der Waals surface area contributed by atoms with Gasteiger partial charge in [-0.2, -0.15) is 4.98 Å². The van der Waals surface area contributed by atoms with E-state index < -0.39 is 10.0 Å². The molecule has 0 amide bonds.